The van der Waals surface area contributed by atoms with Gasteiger partial charge >= 0.3 is 0 Å². The van der Waals surface area contributed by atoms with Crippen molar-refractivity contribution in [1.82, 2.24) is 0 Å². The summed E-state index contributed by atoms with van der Waals surface area (Å²) < 4.78 is 0. The van der Waals surface area contributed by atoms with E-state index in [4.69, 9.17) is 41.0 Å². The van der Waals surface area contributed by atoms with Crippen LogP contribution in [0.2, 0.25) is 5.02 Å². The highest BCUT2D eigenvalue weighted by atomic mass is 35.5. The Kier molecular flexibility index (Phi) is 5.08. The second kappa shape index (κ2) is 6.35. The predicted molar refractivity (Wildman–Crippen MR) is 77.9 cm³/mol. The molecule has 1 aromatic rings. The maximum absolute atomic E-state index is 11.0. The number of amides is 2. The Morgan fingerprint density at radius 1 is 1.16 bits per heavy atom. The third kappa shape index (κ3) is 4.38. The van der Waals surface area contributed by atoms with Crippen LogP contribution in [-0.2, 0) is 9.59 Å². The zero-order valence-electron chi connectivity index (χ0n) is 9.93. The predicted octanol–water partition coefficient (Wildman–Crippen LogP) is -0.249. The molecule has 0 aromatic heterocycles. The Balaban J connectivity index is 3.08. The molecule has 8 heteroatoms. The van der Waals surface area contributed by atoms with Gasteiger partial charge in [-0.2, -0.15) is 0 Å². The van der Waals surface area contributed by atoms with Gasteiger partial charge in [0.05, 0.1) is 18.1 Å². The Bertz CT molecular complexity index is 519. The van der Waals surface area contributed by atoms with Gasteiger partial charge in [0, 0.05) is 11.3 Å². The van der Waals surface area contributed by atoms with Gasteiger partial charge in [-0.05, 0) is 18.2 Å². The lowest BCUT2D eigenvalue weighted by Gasteiger charge is -2.22. The van der Waals surface area contributed by atoms with Crippen molar-refractivity contribution in [3.8, 4) is 0 Å². The molecule has 0 fully saturated rings. The zero-order valence-corrected chi connectivity index (χ0v) is 11.5. The molecule has 19 heavy (non-hydrogen) atoms. The molecule has 0 spiro atoms. The second-order valence-corrected chi connectivity index (χ2v) is 4.66. The van der Waals surface area contributed by atoms with Crippen LogP contribution in [0.5, 0.6) is 0 Å². The summed E-state index contributed by atoms with van der Waals surface area (Å²) in [5, 5.41) is 0.323. The van der Waals surface area contributed by atoms with E-state index >= 15 is 0 Å². The number of hydrogen-bond donors (Lipinski definition) is 3. The van der Waals surface area contributed by atoms with Crippen LogP contribution in [0.1, 0.15) is 5.56 Å². The monoisotopic (exact) mass is 300 g/mol. The van der Waals surface area contributed by atoms with Gasteiger partial charge in [-0.3, -0.25) is 9.59 Å². The van der Waals surface area contributed by atoms with E-state index in [9.17, 15) is 9.59 Å². The van der Waals surface area contributed by atoms with Gasteiger partial charge in [0.1, 0.15) is 4.99 Å². The van der Waals surface area contributed by atoms with E-state index in [1.165, 1.54) is 4.90 Å². The van der Waals surface area contributed by atoms with E-state index in [2.05, 4.69) is 0 Å². The number of carbonyl (C=O) groups is 2. The number of halogens is 1. The van der Waals surface area contributed by atoms with Gasteiger partial charge < -0.3 is 22.1 Å². The van der Waals surface area contributed by atoms with E-state index in [-0.39, 0.29) is 18.1 Å². The van der Waals surface area contributed by atoms with Gasteiger partial charge in [-0.1, -0.05) is 23.8 Å². The smallest absolute Gasteiger partial charge is 0.236 e. The van der Waals surface area contributed by atoms with Crippen molar-refractivity contribution in [3.63, 3.8) is 0 Å². The first-order valence-electron chi connectivity index (χ1n) is 5.22. The number of anilines is 1. The molecule has 102 valence electrons. The fourth-order valence-electron chi connectivity index (χ4n) is 1.52. The summed E-state index contributed by atoms with van der Waals surface area (Å²) in [6, 6.07) is 4.78. The van der Waals surface area contributed by atoms with Crippen molar-refractivity contribution in [3.05, 3.63) is 28.8 Å². The normalized spacial score (nSPS) is 9.95. The summed E-state index contributed by atoms with van der Waals surface area (Å²) in [5.74, 6) is -1.17. The first kappa shape index (κ1) is 15.2. The zero-order chi connectivity index (χ0) is 14.6. The molecule has 6 N–H and O–H groups in total. The van der Waals surface area contributed by atoms with Crippen LogP contribution in [0, 0.1) is 0 Å². The fourth-order valence-corrected chi connectivity index (χ4v) is 2.03. The van der Waals surface area contributed by atoms with Gasteiger partial charge in [-0.15, -0.1) is 0 Å². The van der Waals surface area contributed by atoms with E-state index in [1.807, 2.05) is 0 Å². The fraction of sp³-hybridized carbons (Fsp3) is 0.182. The van der Waals surface area contributed by atoms with Crippen LogP contribution in [-0.4, -0.2) is 29.9 Å². The van der Waals surface area contributed by atoms with Crippen LogP contribution in [0.15, 0.2) is 18.2 Å². The first-order chi connectivity index (χ1) is 8.81. The first-order valence-corrected chi connectivity index (χ1v) is 6.00. The molecule has 0 bridgehead atoms. The van der Waals surface area contributed by atoms with Crippen molar-refractivity contribution in [2.45, 2.75) is 0 Å². The Morgan fingerprint density at radius 3 is 2.05 bits per heavy atom. The van der Waals surface area contributed by atoms with Gasteiger partial charge in [0.2, 0.25) is 11.8 Å². The molecule has 0 radical (unpaired) electrons. The van der Waals surface area contributed by atoms with Crippen molar-refractivity contribution >= 4 is 46.3 Å². The quantitative estimate of drug-likeness (QED) is 0.627. The molecule has 0 saturated carbocycles. The molecule has 0 aliphatic carbocycles. The highest BCUT2D eigenvalue weighted by Gasteiger charge is 2.14. The number of benzene rings is 1. The maximum atomic E-state index is 11.0. The van der Waals surface area contributed by atoms with Crippen LogP contribution in [0.4, 0.5) is 5.69 Å². The SMILES string of the molecule is NC(=O)CN(CC(N)=O)c1ccc(C(N)=S)c(Cl)c1. The summed E-state index contributed by atoms with van der Waals surface area (Å²) in [6.07, 6.45) is 0. The topological polar surface area (TPSA) is 115 Å². The summed E-state index contributed by atoms with van der Waals surface area (Å²) >= 11 is 10.8. The third-order valence-electron chi connectivity index (χ3n) is 2.28. The van der Waals surface area contributed by atoms with Crippen molar-refractivity contribution < 1.29 is 9.59 Å². The molecular formula is C11H13ClN4O2S. The lowest BCUT2D eigenvalue weighted by Crippen LogP contribution is -2.39. The average Bonchev–Trinajstić information content (AvgIpc) is 2.26. The van der Waals surface area contributed by atoms with Crippen LogP contribution < -0.4 is 22.1 Å². The van der Waals surface area contributed by atoms with Crippen molar-refractivity contribution in [2.75, 3.05) is 18.0 Å². The van der Waals surface area contributed by atoms with Crippen molar-refractivity contribution in [1.29, 1.82) is 0 Å². The molecule has 1 rings (SSSR count). The van der Waals surface area contributed by atoms with Gasteiger partial charge in [-0.25, -0.2) is 0 Å². The molecule has 2 amide bonds. The van der Waals surface area contributed by atoms with Gasteiger partial charge in [0.25, 0.3) is 0 Å². The van der Waals surface area contributed by atoms with E-state index in [0.717, 1.165) is 0 Å². The number of hydrogen-bond acceptors (Lipinski definition) is 4. The Labute approximate surface area is 120 Å². The standard InChI is InChI=1S/C11H13ClN4O2S/c12-8-3-6(1-2-7(8)11(15)19)16(4-9(13)17)5-10(14)18/h1-3H,4-5H2,(H2,13,17)(H2,14,18)(H2,15,19). The molecule has 6 nitrogen and oxygen atoms in total. The highest BCUT2D eigenvalue weighted by molar-refractivity contribution is 7.80. The number of primary amides is 2. The number of nitrogens with two attached hydrogens (primary N) is 3. The minimum atomic E-state index is -0.587. The summed E-state index contributed by atoms with van der Waals surface area (Å²) in [7, 11) is 0. The Hall–Kier alpha value is -1.86. The minimum absolute atomic E-state index is 0.147. The molecule has 1 aromatic carbocycles. The average molecular weight is 301 g/mol. The molecule has 0 heterocycles. The van der Waals surface area contributed by atoms with E-state index < -0.39 is 11.8 Å². The number of thiocarbonyl (C=S) groups is 1. The van der Waals surface area contributed by atoms with Crippen LogP contribution >= 0.6 is 23.8 Å². The second-order valence-electron chi connectivity index (χ2n) is 3.82. The largest absolute Gasteiger partial charge is 0.389 e. The third-order valence-corrected chi connectivity index (χ3v) is 2.81. The maximum Gasteiger partial charge on any atom is 0.236 e. The number of nitrogens with zero attached hydrogens (tertiary/aromatic N) is 1. The van der Waals surface area contributed by atoms with Crippen molar-refractivity contribution in [2.24, 2.45) is 17.2 Å². The minimum Gasteiger partial charge on any atom is -0.389 e. The summed E-state index contributed by atoms with van der Waals surface area (Å²) in [5.41, 5.74) is 16.8. The van der Waals surface area contributed by atoms with Gasteiger partial charge in [0.15, 0.2) is 0 Å². The molecule has 0 unspecified atom stereocenters. The van der Waals surface area contributed by atoms with E-state index in [0.29, 0.717) is 16.3 Å². The lowest BCUT2D eigenvalue weighted by molar-refractivity contribution is -0.117. The number of carbonyl (C=O) groups excluding carboxylic acids is 2. The Morgan fingerprint density at radius 2 is 1.68 bits per heavy atom. The molecule has 0 aliphatic rings. The number of rotatable bonds is 6. The summed E-state index contributed by atoms with van der Waals surface area (Å²) in [6.45, 7) is -0.294. The van der Waals surface area contributed by atoms with Crippen LogP contribution in [0.3, 0.4) is 0 Å². The summed E-state index contributed by atoms with van der Waals surface area (Å²) in [4.78, 5) is 23.5. The molecular weight excluding hydrogens is 288 g/mol. The van der Waals surface area contributed by atoms with E-state index in [1.54, 1.807) is 18.2 Å². The van der Waals surface area contributed by atoms with Crippen LogP contribution in [0.25, 0.3) is 0 Å². The molecule has 0 atom stereocenters. The molecule has 0 aliphatic heterocycles. The highest BCUT2D eigenvalue weighted by Crippen LogP contribution is 2.23. The lowest BCUT2D eigenvalue weighted by atomic mass is 10.2. The molecule has 0 saturated heterocycles.